The average Bonchev–Trinajstić information content (AvgIpc) is 2.87. The van der Waals surface area contributed by atoms with Gasteiger partial charge in [0, 0.05) is 12.4 Å². The van der Waals surface area contributed by atoms with Crippen LogP contribution in [0, 0.1) is 0 Å². The maximum absolute atomic E-state index is 12.6. The lowest BCUT2D eigenvalue weighted by molar-refractivity contribution is 0.0926. The van der Waals surface area contributed by atoms with Gasteiger partial charge in [-0.2, -0.15) is 0 Å². The Morgan fingerprint density at radius 2 is 1.35 bits per heavy atom. The van der Waals surface area contributed by atoms with Crippen LogP contribution in [-0.2, 0) is 0 Å². The lowest BCUT2D eigenvalue weighted by Gasteiger charge is -2.16. The van der Waals surface area contributed by atoms with Crippen molar-refractivity contribution >= 4 is 17.5 Å². The first-order valence-electron chi connectivity index (χ1n) is 7.11. The first-order valence-corrected chi connectivity index (χ1v) is 7.11. The molecule has 1 aromatic carbocycles. The van der Waals surface area contributed by atoms with E-state index in [1.54, 1.807) is 60.9 Å². The van der Waals surface area contributed by atoms with E-state index in [-0.39, 0.29) is 11.8 Å². The minimum Gasteiger partial charge on any atom is -0.268 e. The lowest BCUT2D eigenvalue weighted by Crippen LogP contribution is -2.30. The summed E-state index contributed by atoms with van der Waals surface area (Å²) in [4.78, 5) is 35.0. The van der Waals surface area contributed by atoms with Gasteiger partial charge in [0.15, 0.2) is 0 Å². The van der Waals surface area contributed by atoms with E-state index in [0.29, 0.717) is 28.2 Å². The molecule has 23 heavy (non-hydrogen) atoms. The van der Waals surface area contributed by atoms with Crippen LogP contribution in [0.5, 0.6) is 0 Å². The first kappa shape index (κ1) is 13.3. The van der Waals surface area contributed by atoms with Gasteiger partial charge in [0.25, 0.3) is 11.8 Å². The third kappa shape index (κ3) is 2.02. The number of hydrogen-bond donors (Lipinski definition) is 0. The number of carbonyl (C=O) groups excluding carboxylic acids is 2. The highest BCUT2D eigenvalue weighted by atomic mass is 16.2. The average molecular weight is 301 g/mol. The van der Waals surface area contributed by atoms with Crippen LogP contribution in [0.4, 0.5) is 5.69 Å². The number of carbonyl (C=O) groups is 2. The van der Waals surface area contributed by atoms with Crippen LogP contribution >= 0.6 is 0 Å². The number of benzene rings is 1. The molecule has 5 nitrogen and oxygen atoms in total. The molecule has 0 N–H and O–H groups in total. The van der Waals surface area contributed by atoms with Gasteiger partial charge in [0.05, 0.1) is 22.5 Å². The molecule has 0 saturated carbocycles. The van der Waals surface area contributed by atoms with Gasteiger partial charge in [0.1, 0.15) is 5.69 Å². The van der Waals surface area contributed by atoms with Crippen LogP contribution in [0.3, 0.4) is 0 Å². The summed E-state index contributed by atoms with van der Waals surface area (Å²) in [7, 11) is 0. The number of nitrogens with zero attached hydrogens (tertiary/aromatic N) is 3. The fourth-order valence-electron chi connectivity index (χ4n) is 2.69. The Morgan fingerprint density at radius 1 is 0.696 bits per heavy atom. The normalized spacial score (nSPS) is 13.3. The number of amides is 2. The second-order valence-corrected chi connectivity index (χ2v) is 5.08. The molecule has 2 amide bonds. The molecule has 3 aromatic rings. The summed E-state index contributed by atoms with van der Waals surface area (Å²) in [6, 6.07) is 15.6. The molecule has 110 valence electrons. The van der Waals surface area contributed by atoms with Crippen LogP contribution < -0.4 is 4.90 Å². The molecule has 4 rings (SSSR count). The van der Waals surface area contributed by atoms with E-state index < -0.39 is 0 Å². The highest BCUT2D eigenvalue weighted by Gasteiger charge is 2.37. The van der Waals surface area contributed by atoms with E-state index in [0.717, 1.165) is 0 Å². The highest BCUT2D eigenvalue weighted by molar-refractivity contribution is 6.35. The summed E-state index contributed by atoms with van der Waals surface area (Å²) in [5.74, 6) is -0.674. The molecule has 0 radical (unpaired) electrons. The summed E-state index contributed by atoms with van der Waals surface area (Å²) in [6.45, 7) is 0. The molecular weight excluding hydrogens is 290 g/mol. The zero-order chi connectivity index (χ0) is 15.8. The van der Waals surface area contributed by atoms with E-state index in [9.17, 15) is 9.59 Å². The molecule has 5 heteroatoms. The minimum absolute atomic E-state index is 0.337. The van der Waals surface area contributed by atoms with Crippen molar-refractivity contribution in [2.75, 3.05) is 4.90 Å². The van der Waals surface area contributed by atoms with Crippen LogP contribution in [0.1, 0.15) is 20.7 Å². The predicted molar refractivity (Wildman–Crippen MR) is 85.1 cm³/mol. The van der Waals surface area contributed by atoms with Gasteiger partial charge in [-0.25, -0.2) is 4.90 Å². The summed E-state index contributed by atoms with van der Waals surface area (Å²) < 4.78 is 0. The van der Waals surface area contributed by atoms with Crippen LogP contribution in [0.25, 0.3) is 11.4 Å². The number of pyridine rings is 2. The van der Waals surface area contributed by atoms with Crippen LogP contribution in [0.2, 0.25) is 0 Å². The monoisotopic (exact) mass is 301 g/mol. The van der Waals surface area contributed by atoms with Gasteiger partial charge in [-0.15, -0.1) is 0 Å². The molecular formula is C18H11N3O2. The largest absolute Gasteiger partial charge is 0.268 e. The molecule has 3 heterocycles. The fourth-order valence-corrected chi connectivity index (χ4v) is 2.69. The Kier molecular flexibility index (Phi) is 2.98. The van der Waals surface area contributed by atoms with Crippen molar-refractivity contribution < 1.29 is 9.59 Å². The van der Waals surface area contributed by atoms with E-state index in [1.807, 2.05) is 6.07 Å². The molecule has 0 fully saturated rings. The SMILES string of the molecule is O=C1c2ccccc2C(=O)N1c1cccnc1-c1ccccn1. The fraction of sp³-hybridized carbons (Fsp3) is 0. The van der Waals surface area contributed by atoms with Gasteiger partial charge in [-0.1, -0.05) is 18.2 Å². The summed E-state index contributed by atoms with van der Waals surface area (Å²) >= 11 is 0. The second-order valence-electron chi connectivity index (χ2n) is 5.08. The Labute approximate surface area is 132 Å². The molecule has 1 aliphatic heterocycles. The number of rotatable bonds is 2. The topological polar surface area (TPSA) is 63.2 Å². The Morgan fingerprint density at radius 3 is 2.00 bits per heavy atom. The molecule has 0 unspecified atom stereocenters. The summed E-state index contributed by atoms with van der Waals surface area (Å²) in [5.41, 5.74) is 2.38. The maximum Gasteiger partial charge on any atom is 0.266 e. The highest BCUT2D eigenvalue weighted by Crippen LogP contribution is 2.33. The molecule has 1 aliphatic rings. The zero-order valence-corrected chi connectivity index (χ0v) is 12.0. The van der Waals surface area contributed by atoms with Gasteiger partial charge < -0.3 is 0 Å². The molecule has 2 aromatic heterocycles. The summed E-state index contributed by atoms with van der Waals surface area (Å²) in [5, 5.41) is 0. The minimum atomic E-state index is -0.337. The number of hydrogen-bond acceptors (Lipinski definition) is 4. The smallest absolute Gasteiger partial charge is 0.266 e. The van der Waals surface area contributed by atoms with Crippen molar-refractivity contribution in [3.8, 4) is 11.4 Å². The number of aromatic nitrogens is 2. The third-order valence-electron chi connectivity index (χ3n) is 3.73. The molecule has 0 bridgehead atoms. The van der Waals surface area contributed by atoms with Crippen LogP contribution in [0.15, 0.2) is 67.0 Å². The van der Waals surface area contributed by atoms with Crippen molar-refractivity contribution in [1.29, 1.82) is 0 Å². The van der Waals surface area contributed by atoms with Crippen molar-refractivity contribution in [3.05, 3.63) is 78.1 Å². The molecule has 0 spiro atoms. The third-order valence-corrected chi connectivity index (χ3v) is 3.73. The van der Waals surface area contributed by atoms with Gasteiger partial charge in [-0.05, 0) is 36.4 Å². The second kappa shape index (κ2) is 5.14. The van der Waals surface area contributed by atoms with Crippen LogP contribution in [-0.4, -0.2) is 21.8 Å². The molecule has 0 aliphatic carbocycles. The number of fused-ring (bicyclic) bond motifs is 1. The van der Waals surface area contributed by atoms with E-state index in [1.165, 1.54) is 4.90 Å². The lowest BCUT2D eigenvalue weighted by atomic mass is 10.1. The Hall–Kier alpha value is -3.34. The van der Waals surface area contributed by atoms with Crippen molar-refractivity contribution in [2.45, 2.75) is 0 Å². The van der Waals surface area contributed by atoms with E-state index in [4.69, 9.17) is 0 Å². The Bertz CT molecular complexity index is 887. The molecule has 0 saturated heterocycles. The van der Waals surface area contributed by atoms with Gasteiger partial charge in [0.2, 0.25) is 0 Å². The quantitative estimate of drug-likeness (QED) is 0.683. The summed E-state index contributed by atoms with van der Waals surface area (Å²) in [6.07, 6.45) is 3.27. The van der Waals surface area contributed by atoms with E-state index in [2.05, 4.69) is 9.97 Å². The van der Waals surface area contributed by atoms with Gasteiger partial charge in [-0.3, -0.25) is 19.6 Å². The number of imide groups is 1. The van der Waals surface area contributed by atoms with Crippen molar-refractivity contribution in [2.24, 2.45) is 0 Å². The Balaban J connectivity index is 1.88. The first-order chi connectivity index (χ1) is 11.3. The maximum atomic E-state index is 12.6. The number of anilines is 1. The standard InChI is InChI=1S/C18H11N3O2/c22-17-12-6-1-2-7-13(12)18(23)21(17)15-9-5-11-20-16(15)14-8-3-4-10-19-14/h1-11H. The predicted octanol–water partition coefficient (Wildman–Crippen LogP) is 2.94. The molecule has 0 atom stereocenters. The van der Waals surface area contributed by atoms with Crippen molar-refractivity contribution in [3.63, 3.8) is 0 Å². The van der Waals surface area contributed by atoms with E-state index >= 15 is 0 Å². The van der Waals surface area contributed by atoms with Gasteiger partial charge >= 0.3 is 0 Å². The zero-order valence-electron chi connectivity index (χ0n) is 12.0. The van der Waals surface area contributed by atoms with Crippen molar-refractivity contribution in [1.82, 2.24) is 9.97 Å².